The molecule has 0 amide bonds. The molecule has 0 atom stereocenters. The van der Waals surface area contributed by atoms with Gasteiger partial charge in [-0.15, -0.1) is 0 Å². The molecule has 0 aromatic carbocycles. The minimum absolute atomic E-state index is 0.178. The van der Waals surface area contributed by atoms with Crippen LogP contribution in [0.1, 0.15) is 33.1 Å². The largest absolute Gasteiger partial charge is 0.469 e. The minimum Gasteiger partial charge on any atom is -0.460 e. The summed E-state index contributed by atoms with van der Waals surface area (Å²) < 4.78 is 19.2. The number of unbranched alkanes of at least 4 members (excludes halogenated alkanes) is 2. The van der Waals surface area contributed by atoms with Crippen LogP contribution in [0.4, 0.5) is 0 Å². The number of hydrogen-bond acceptors (Lipinski definition) is 4. The number of phosphoric ester groups is 1. The Labute approximate surface area is 101 Å². The number of esters is 1. The van der Waals surface area contributed by atoms with E-state index in [2.05, 4.69) is 11.4 Å². The molecule has 0 fully saturated rings. The topological polar surface area (TPSA) is 93.1 Å². The summed E-state index contributed by atoms with van der Waals surface area (Å²) in [5.74, 6) is -0.490. The van der Waals surface area contributed by atoms with Crippen molar-refractivity contribution in [2.45, 2.75) is 33.1 Å². The van der Waals surface area contributed by atoms with Gasteiger partial charge >= 0.3 is 13.8 Å². The van der Waals surface area contributed by atoms with Crippen molar-refractivity contribution in [3.63, 3.8) is 0 Å². The number of carbonyl (C=O) groups excluding carboxylic acids is 1. The van der Waals surface area contributed by atoms with Crippen molar-refractivity contribution in [3.05, 3.63) is 11.6 Å². The van der Waals surface area contributed by atoms with Crippen LogP contribution in [0.15, 0.2) is 11.6 Å². The molecule has 0 radical (unpaired) electrons. The van der Waals surface area contributed by atoms with Crippen LogP contribution in [0, 0.1) is 0 Å². The molecule has 0 aliphatic rings. The van der Waals surface area contributed by atoms with Crippen molar-refractivity contribution < 1.29 is 28.4 Å². The quantitative estimate of drug-likeness (QED) is 0.301. The van der Waals surface area contributed by atoms with Crippen LogP contribution in [0.25, 0.3) is 0 Å². The first-order valence-corrected chi connectivity index (χ1v) is 6.94. The number of rotatable bonds is 8. The van der Waals surface area contributed by atoms with E-state index in [-0.39, 0.29) is 13.2 Å². The zero-order valence-electron chi connectivity index (χ0n) is 10.1. The molecule has 0 saturated heterocycles. The first-order chi connectivity index (χ1) is 7.87. The van der Waals surface area contributed by atoms with Crippen molar-refractivity contribution >= 4 is 13.8 Å². The fourth-order valence-electron chi connectivity index (χ4n) is 1.01. The molecule has 0 rings (SSSR count). The Kier molecular flexibility index (Phi) is 8.08. The normalized spacial score (nSPS) is 12.6. The molecule has 0 aromatic heterocycles. The molecule has 100 valence electrons. The minimum atomic E-state index is -4.48. The predicted molar refractivity (Wildman–Crippen MR) is 62.2 cm³/mol. The first-order valence-electron chi connectivity index (χ1n) is 5.40. The van der Waals surface area contributed by atoms with E-state index in [1.54, 1.807) is 13.0 Å². The Morgan fingerprint density at radius 2 is 2.00 bits per heavy atom. The van der Waals surface area contributed by atoms with E-state index in [1.165, 1.54) is 0 Å². The lowest BCUT2D eigenvalue weighted by molar-refractivity contribution is -0.139. The third kappa shape index (κ3) is 10.2. The Balaban J connectivity index is 3.78. The van der Waals surface area contributed by atoms with Crippen LogP contribution in [0.2, 0.25) is 0 Å². The summed E-state index contributed by atoms with van der Waals surface area (Å²) in [6, 6.07) is 0. The van der Waals surface area contributed by atoms with Gasteiger partial charge in [0, 0.05) is 5.57 Å². The van der Waals surface area contributed by atoms with Crippen molar-refractivity contribution in [1.29, 1.82) is 0 Å². The average Bonchev–Trinajstić information content (AvgIpc) is 2.23. The fraction of sp³-hybridized carbons (Fsp3) is 0.700. The highest BCUT2D eigenvalue weighted by molar-refractivity contribution is 7.46. The van der Waals surface area contributed by atoms with Crippen molar-refractivity contribution in [3.8, 4) is 0 Å². The van der Waals surface area contributed by atoms with Gasteiger partial charge in [-0.25, -0.2) is 9.36 Å². The van der Waals surface area contributed by atoms with Gasteiger partial charge in [0.15, 0.2) is 0 Å². The van der Waals surface area contributed by atoms with Gasteiger partial charge in [-0.1, -0.05) is 25.8 Å². The van der Waals surface area contributed by atoms with Gasteiger partial charge in [-0.05, 0) is 13.3 Å². The highest BCUT2D eigenvalue weighted by atomic mass is 31.2. The lowest BCUT2D eigenvalue weighted by atomic mass is 10.2. The molecule has 2 N–H and O–H groups in total. The van der Waals surface area contributed by atoms with Gasteiger partial charge in [-0.2, -0.15) is 0 Å². The summed E-state index contributed by atoms with van der Waals surface area (Å²) >= 11 is 0. The van der Waals surface area contributed by atoms with E-state index in [0.29, 0.717) is 5.57 Å². The van der Waals surface area contributed by atoms with Gasteiger partial charge < -0.3 is 14.5 Å². The second kappa shape index (κ2) is 8.42. The number of hydrogen-bond donors (Lipinski definition) is 2. The summed E-state index contributed by atoms with van der Waals surface area (Å²) in [5.41, 5.74) is 0.495. The van der Waals surface area contributed by atoms with Crippen LogP contribution >= 0.6 is 7.82 Å². The van der Waals surface area contributed by atoms with E-state index in [4.69, 9.17) is 14.5 Å². The fourth-order valence-corrected chi connectivity index (χ4v) is 1.32. The summed E-state index contributed by atoms with van der Waals surface area (Å²) in [7, 11) is -4.48. The molecule has 17 heavy (non-hydrogen) atoms. The Morgan fingerprint density at radius 3 is 2.53 bits per heavy atom. The van der Waals surface area contributed by atoms with E-state index in [9.17, 15) is 9.36 Å². The van der Waals surface area contributed by atoms with Gasteiger partial charge in [0.25, 0.3) is 0 Å². The Bertz CT molecular complexity index is 306. The van der Waals surface area contributed by atoms with Crippen LogP contribution in [-0.2, 0) is 18.6 Å². The zero-order valence-corrected chi connectivity index (χ0v) is 11.0. The maximum Gasteiger partial charge on any atom is 0.469 e. The number of carbonyl (C=O) groups is 1. The van der Waals surface area contributed by atoms with E-state index in [1.807, 2.05) is 0 Å². The first kappa shape index (κ1) is 16.3. The summed E-state index contributed by atoms with van der Waals surface area (Å²) in [6.45, 7) is 3.20. The molecule has 6 nitrogen and oxygen atoms in total. The molecule has 0 aromatic rings. The van der Waals surface area contributed by atoms with Crippen LogP contribution in [0.5, 0.6) is 0 Å². The standard InChI is InChI=1S/C10H19O6P/c1-3-4-5-6-9(2)10(11)15-7-8-16-17(12,13)14/h6H,3-5,7-8H2,1-2H3,(H2,12,13,14). The summed E-state index contributed by atoms with van der Waals surface area (Å²) in [5, 5.41) is 0. The SMILES string of the molecule is CCCCC=C(C)C(=O)OCCOP(=O)(O)O. The molecule has 7 heteroatoms. The van der Waals surface area contributed by atoms with E-state index < -0.39 is 13.8 Å². The zero-order chi connectivity index (χ0) is 13.3. The lowest BCUT2D eigenvalue weighted by Crippen LogP contribution is -2.10. The number of phosphoric acid groups is 1. The third-order valence-corrected chi connectivity index (χ3v) is 2.43. The molecule has 0 bridgehead atoms. The highest BCUT2D eigenvalue weighted by Crippen LogP contribution is 2.35. The Morgan fingerprint density at radius 1 is 1.35 bits per heavy atom. The summed E-state index contributed by atoms with van der Waals surface area (Å²) in [6.07, 6.45) is 4.66. The average molecular weight is 266 g/mol. The monoisotopic (exact) mass is 266 g/mol. The molecule has 0 spiro atoms. The van der Waals surface area contributed by atoms with E-state index in [0.717, 1.165) is 19.3 Å². The third-order valence-electron chi connectivity index (χ3n) is 1.91. The van der Waals surface area contributed by atoms with Crippen molar-refractivity contribution in [1.82, 2.24) is 0 Å². The smallest absolute Gasteiger partial charge is 0.460 e. The van der Waals surface area contributed by atoms with Crippen LogP contribution in [0.3, 0.4) is 0 Å². The number of allylic oxidation sites excluding steroid dienone is 1. The molecule has 0 heterocycles. The maximum atomic E-state index is 11.3. The van der Waals surface area contributed by atoms with Crippen LogP contribution < -0.4 is 0 Å². The van der Waals surface area contributed by atoms with Gasteiger partial charge in [0.1, 0.15) is 6.61 Å². The Hall–Kier alpha value is -0.680. The van der Waals surface area contributed by atoms with Gasteiger partial charge in [0.2, 0.25) is 0 Å². The van der Waals surface area contributed by atoms with E-state index >= 15 is 0 Å². The maximum absolute atomic E-state index is 11.3. The van der Waals surface area contributed by atoms with Crippen molar-refractivity contribution in [2.24, 2.45) is 0 Å². The lowest BCUT2D eigenvalue weighted by Gasteiger charge is -2.06. The van der Waals surface area contributed by atoms with Crippen LogP contribution in [-0.4, -0.2) is 29.0 Å². The molecule has 0 aliphatic carbocycles. The molecule has 0 aliphatic heterocycles. The molecular weight excluding hydrogens is 247 g/mol. The molecular formula is C10H19O6P. The molecule has 0 unspecified atom stereocenters. The predicted octanol–water partition coefficient (Wildman–Crippen LogP) is 1.78. The van der Waals surface area contributed by atoms with Gasteiger partial charge in [0.05, 0.1) is 6.61 Å². The van der Waals surface area contributed by atoms with Crippen molar-refractivity contribution in [2.75, 3.05) is 13.2 Å². The highest BCUT2D eigenvalue weighted by Gasteiger charge is 2.13. The summed E-state index contributed by atoms with van der Waals surface area (Å²) in [4.78, 5) is 28.1. The van der Waals surface area contributed by atoms with Gasteiger partial charge in [-0.3, -0.25) is 4.52 Å². The second-order valence-corrected chi connectivity index (χ2v) is 4.73. The number of ether oxygens (including phenoxy) is 1. The second-order valence-electron chi connectivity index (χ2n) is 3.49. The molecule has 0 saturated carbocycles.